The summed E-state index contributed by atoms with van der Waals surface area (Å²) >= 11 is 4.24. The van der Waals surface area contributed by atoms with Gasteiger partial charge in [0.15, 0.2) is 0 Å². The van der Waals surface area contributed by atoms with Crippen molar-refractivity contribution in [1.82, 2.24) is 0 Å². The van der Waals surface area contributed by atoms with Crippen LogP contribution in [-0.2, 0) is 0 Å². The monoisotopic (exact) mass is 134 g/mol. The molecular formula is C6H11FS. The first-order valence-electron chi connectivity index (χ1n) is 3.11. The predicted molar refractivity (Wildman–Crippen MR) is 36.1 cm³/mol. The van der Waals surface area contributed by atoms with Crippen molar-refractivity contribution in [3.8, 4) is 0 Å². The van der Waals surface area contributed by atoms with Crippen molar-refractivity contribution in [3.63, 3.8) is 0 Å². The van der Waals surface area contributed by atoms with Gasteiger partial charge in [-0.05, 0) is 25.7 Å². The average Bonchev–Trinajstić information content (AvgIpc) is 1.77. The van der Waals surface area contributed by atoms with Crippen molar-refractivity contribution in [2.24, 2.45) is 0 Å². The van der Waals surface area contributed by atoms with E-state index < -0.39 is 6.17 Å². The van der Waals surface area contributed by atoms with Gasteiger partial charge >= 0.3 is 0 Å². The van der Waals surface area contributed by atoms with Gasteiger partial charge in [0.25, 0.3) is 0 Å². The van der Waals surface area contributed by atoms with Gasteiger partial charge in [-0.2, -0.15) is 12.6 Å². The Bertz CT molecular complexity index is 56.9. The summed E-state index contributed by atoms with van der Waals surface area (Å²) in [4.78, 5) is 0. The van der Waals surface area contributed by atoms with Gasteiger partial charge < -0.3 is 0 Å². The maximum absolute atomic E-state index is 12.3. The third kappa shape index (κ3) is 1.66. The number of halogens is 1. The van der Waals surface area contributed by atoms with Crippen molar-refractivity contribution in [1.29, 1.82) is 0 Å². The van der Waals surface area contributed by atoms with Gasteiger partial charge in [-0.1, -0.05) is 0 Å². The number of hydrogen-bond donors (Lipinski definition) is 1. The van der Waals surface area contributed by atoms with Crippen molar-refractivity contribution < 1.29 is 4.39 Å². The van der Waals surface area contributed by atoms with Gasteiger partial charge in [-0.3, -0.25) is 0 Å². The van der Waals surface area contributed by atoms with E-state index in [2.05, 4.69) is 12.6 Å². The van der Waals surface area contributed by atoms with Gasteiger partial charge in [-0.25, -0.2) is 4.39 Å². The molecule has 0 atom stereocenters. The standard InChI is InChI=1S/C6H11FS/c7-5-1-3-6(8)4-2-5/h5-6,8H,1-4H2. The highest BCUT2D eigenvalue weighted by Crippen LogP contribution is 2.23. The summed E-state index contributed by atoms with van der Waals surface area (Å²) in [7, 11) is 0. The molecular weight excluding hydrogens is 123 g/mol. The van der Waals surface area contributed by atoms with E-state index in [0.29, 0.717) is 5.25 Å². The zero-order valence-electron chi connectivity index (χ0n) is 4.81. The molecule has 0 aromatic carbocycles. The van der Waals surface area contributed by atoms with Gasteiger partial charge in [0.2, 0.25) is 0 Å². The molecule has 0 spiro atoms. The number of rotatable bonds is 0. The van der Waals surface area contributed by atoms with E-state index in [1.54, 1.807) is 0 Å². The zero-order chi connectivity index (χ0) is 5.98. The molecule has 0 radical (unpaired) electrons. The lowest BCUT2D eigenvalue weighted by Crippen LogP contribution is -2.14. The van der Waals surface area contributed by atoms with E-state index in [-0.39, 0.29) is 0 Å². The number of hydrogen-bond acceptors (Lipinski definition) is 1. The number of thiol groups is 1. The van der Waals surface area contributed by atoms with Crippen LogP contribution in [0.4, 0.5) is 4.39 Å². The Hall–Kier alpha value is 0.280. The maximum Gasteiger partial charge on any atom is 0.100 e. The van der Waals surface area contributed by atoms with Crippen LogP contribution in [0.25, 0.3) is 0 Å². The molecule has 8 heavy (non-hydrogen) atoms. The van der Waals surface area contributed by atoms with Crippen LogP contribution in [0.5, 0.6) is 0 Å². The molecule has 0 aromatic rings. The summed E-state index contributed by atoms with van der Waals surface area (Å²) in [6, 6.07) is 0. The predicted octanol–water partition coefficient (Wildman–Crippen LogP) is 2.20. The third-order valence-electron chi connectivity index (χ3n) is 1.63. The first kappa shape index (κ1) is 6.40. The highest BCUT2D eigenvalue weighted by Gasteiger charge is 2.16. The van der Waals surface area contributed by atoms with Crippen molar-refractivity contribution in [3.05, 3.63) is 0 Å². The summed E-state index contributed by atoms with van der Waals surface area (Å²) in [5.41, 5.74) is 0. The SMILES string of the molecule is FC1CCC(S)CC1. The van der Waals surface area contributed by atoms with E-state index in [0.717, 1.165) is 25.7 Å². The molecule has 0 amide bonds. The van der Waals surface area contributed by atoms with Crippen LogP contribution in [0.2, 0.25) is 0 Å². The van der Waals surface area contributed by atoms with E-state index in [9.17, 15) is 4.39 Å². The Morgan fingerprint density at radius 3 is 2.00 bits per heavy atom. The quantitative estimate of drug-likeness (QED) is 0.482. The van der Waals surface area contributed by atoms with E-state index in [1.165, 1.54) is 0 Å². The molecule has 0 unspecified atom stereocenters. The summed E-state index contributed by atoms with van der Waals surface area (Å²) < 4.78 is 12.3. The van der Waals surface area contributed by atoms with E-state index in [4.69, 9.17) is 0 Å². The van der Waals surface area contributed by atoms with Crippen LogP contribution in [0.3, 0.4) is 0 Å². The minimum atomic E-state index is -0.529. The largest absolute Gasteiger partial charge is 0.247 e. The minimum absolute atomic E-state index is 0.474. The molecule has 0 heterocycles. The Morgan fingerprint density at radius 2 is 1.62 bits per heavy atom. The Balaban J connectivity index is 2.19. The molecule has 1 rings (SSSR count). The summed E-state index contributed by atoms with van der Waals surface area (Å²) in [6.45, 7) is 0. The molecule has 0 bridgehead atoms. The van der Waals surface area contributed by atoms with Crippen LogP contribution >= 0.6 is 12.6 Å². The third-order valence-corrected chi connectivity index (χ3v) is 2.14. The lowest BCUT2D eigenvalue weighted by molar-refractivity contribution is 0.255. The molecule has 48 valence electrons. The molecule has 0 aromatic heterocycles. The smallest absolute Gasteiger partial charge is 0.100 e. The van der Waals surface area contributed by atoms with Crippen molar-refractivity contribution in [2.45, 2.75) is 37.1 Å². The fraction of sp³-hybridized carbons (Fsp3) is 1.00. The average molecular weight is 134 g/mol. The minimum Gasteiger partial charge on any atom is -0.247 e. The zero-order valence-corrected chi connectivity index (χ0v) is 5.70. The lowest BCUT2D eigenvalue weighted by Gasteiger charge is -2.19. The molecule has 2 heteroatoms. The van der Waals surface area contributed by atoms with Crippen LogP contribution < -0.4 is 0 Å². The molecule has 0 N–H and O–H groups in total. The van der Waals surface area contributed by atoms with Crippen LogP contribution in [-0.4, -0.2) is 11.4 Å². The maximum atomic E-state index is 12.3. The molecule has 0 nitrogen and oxygen atoms in total. The van der Waals surface area contributed by atoms with E-state index >= 15 is 0 Å². The second-order valence-corrected chi connectivity index (χ2v) is 3.14. The van der Waals surface area contributed by atoms with Gasteiger partial charge in [0.1, 0.15) is 6.17 Å². The van der Waals surface area contributed by atoms with Crippen molar-refractivity contribution in [2.75, 3.05) is 0 Å². The van der Waals surface area contributed by atoms with Gasteiger partial charge in [-0.15, -0.1) is 0 Å². The van der Waals surface area contributed by atoms with E-state index in [1.807, 2.05) is 0 Å². The molecule has 1 fully saturated rings. The Labute approximate surface area is 54.9 Å². The summed E-state index contributed by atoms with van der Waals surface area (Å²) in [5, 5.41) is 0.474. The summed E-state index contributed by atoms with van der Waals surface area (Å²) in [6.07, 6.45) is 2.86. The Morgan fingerprint density at radius 1 is 1.12 bits per heavy atom. The highest BCUT2D eigenvalue weighted by atomic mass is 32.1. The topological polar surface area (TPSA) is 0 Å². The van der Waals surface area contributed by atoms with Gasteiger partial charge in [0, 0.05) is 5.25 Å². The Kier molecular flexibility index (Phi) is 2.17. The first-order valence-corrected chi connectivity index (χ1v) is 3.63. The van der Waals surface area contributed by atoms with Crippen LogP contribution in [0, 0.1) is 0 Å². The van der Waals surface area contributed by atoms with Crippen LogP contribution in [0.15, 0.2) is 0 Å². The molecule has 1 aliphatic rings. The second-order valence-electron chi connectivity index (χ2n) is 2.41. The first-order chi connectivity index (χ1) is 3.79. The molecule has 1 saturated carbocycles. The highest BCUT2D eigenvalue weighted by molar-refractivity contribution is 7.80. The normalized spacial score (nSPS) is 39.8. The molecule has 0 saturated heterocycles. The molecule has 0 aliphatic heterocycles. The van der Waals surface area contributed by atoms with Crippen LogP contribution in [0.1, 0.15) is 25.7 Å². The number of alkyl halides is 1. The lowest BCUT2D eigenvalue weighted by atomic mass is 9.99. The fourth-order valence-electron chi connectivity index (χ4n) is 1.04. The fourth-order valence-corrected chi connectivity index (χ4v) is 1.33. The summed E-state index contributed by atoms with van der Waals surface area (Å²) in [5.74, 6) is 0. The van der Waals surface area contributed by atoms with Crippen molar-refractivity contribution >= 4 is 12.6 Å². The molecule has 1 aliphatic carbocycles. The second kappa shape index (κ2) is 2.72. The van der Waals surface area contributed by atoms with Gasteiger partial charge in [0.05, 0.1) is 0 Å².